The van der Waals surface area contributed by atoms with Gasteiger partial charge in [-0.05, 0) is 12.5 Å². The number of nitrogens with zero attached hydrogens (tertiary/aromatic N) is 1. The molecule has 0 unspecified atom stereocenters. The summed E-state index contributed by atoms with van der Waals surface area (Å²) in [7, 11) is 2.57. The highest BCUT2D eigenvalue weighted by molar-refractivity contribution is 8.29. The van der Waals surface area contributed by atoms with E-state index in [0.717, 1.165) is 34.9 Å². The number of thioether (sulfide) groups is 2. The van der Waals surface area contributed by atoms with Crippen molar-refractivity contribution < 1.29 is 23.8 Å². The highest BCUT2D eigenvalue weighted by Gasteiger charge is 2.32. The highest BCUT2D eigenvalue weighted by atomic mass is 32.2. The van der Waals surface area contributed by atoms with Crippen molar-refractivity contribution in [2.75, 3.05) is 20.8 Å². The molecule has 0 radical (unpaired) electrons. The lowest BCUT2D eigenvalue weighted by molar-refractivity contribution is -0.138. The summed E-state index contributed by atoms with van der Waals surface area (Å²) >= 11 is 2.37. The van der Waals surface area contributed by atoms with Crippen LogP contribution in [0.3, 0.4) is 0 Å². The third kappa shape index (κ3) is 5.12. The third-order valence-corrected chi connectivity index (χ3v) is 6.75. The highest BCUT2D eigenvalue weighted by Crippen LogP contribution is 2.50. The normalized spacial score (nSPS) is 17.2. The summed E-state index contributed by atoms with van der Waals surface area (Å²) in [5.74, 6) is 0.367. The molecular weight excluding hydrogens is 422 g/mol. The van der Waals surface area contributed by atoms with Crippen molar-refractivity contribution >= 4 is 41.2 Å². The molecule has 30 heavy (non-hydrogen) atoms. The van der Waals surface area contributed by atoms with Gasteiger partial charge in [0, 0.05) is 18.2 Å². The predicted octanol–water partition coefficient (Wildman–Crippen LogP) is 4.84. The van der Waals surface area contributed by atoms with Crippen molar-refractivity contribution in [1.82, 2.24) is 4.90 Å². The van der Waals surface area contributed by atoms with E-state index in [1.54, 1.807) is 0 Å². The second-order valence-electron chi connectivity index (χ2n) is 6.34. The van der Waals surface area contributed by atoms with Crippen LogP contribution in [0.15, 0.2) is 68.6 Å². The lowest BCUT2D eigenvalue weighted by Crippen LogP contribution is -2.14. The van der Waals surface area contributed by atoms with Gasteiger partial charge in [0.05, 0.1) is 24.7 Å². The standard InChI is InChI=1S/C22H23NO5S2/c1-4-5-13-23-14-16(15-9-7-6-8-10-15)28-17(23)11-12-18-29-19(21(24)26-2)20(30-18)22(25)27-3/h6-12,14H,4-5,13H2,1-3H3/b17-11+. The average Bonchev–Trinajstić information content (AvgIpc) is 3.40. The maximum Gasteiger partial charge on any atom is 0.346 e. The van der Waals surface area contributed by atoms with E-state index in [4.69, 9.17) is 14.2 Å². The number of rotatable bonds is 7. The summed E-state index contributed by atoms with van der Waals surface area (Å²) in [5, 5.41) is 0. The summed E-state index contributed by atoms with van der Waals surface area (Å²) in [5.41, 5.74) is 1.00. The molecule has 0 atom stereocenters. The van der Waals surface area contributed by atoms with Gasteiger partial charge < -0.3 is 19.1 Å². The number of ether oxygens (including phenoxy) is 3. The van der Waals surface area contributed by atoms with E-state index in [2.05, 4.69) is 11.8 Å². The second kappa shape index (κ2) is 10.4. The van der Waals surface area contributed by atoms with Crippen LogP contribution in [-0.2, 0) is 23.8 Å². The van der Waals surface area contributed by atoms with Gasteiger partial charge in [-0.3, -0.25) is 0 Å². The van der Waals surface area contributed by atoms with E-state index in [1.807, 2.05) is 48.7 Å². The first-order chi connectivity index (χ1) is 14.6. The summed E-state index contributed by atoms with van der Waals surface area (Å²) in [4.78, 5) is 26.6. The van der Waals surface area contributed by atoms with Crippen molar-refractivity contribution in [3.63, 3.8) is 0 Å². The van der Waals surface area contributed by atoms with Crippen molar-refractivity contribution in [3.05, 3.63) is 74.2 Å². The Bertz CT molecular complexity index is 904. The summed E-state index contributed by atoms with van der Waals surface area (Å²) < 4.78 is 16.4. The maximum absolute atomic E-state index is 12.0. The van der Waals surface area contributed by atoms with Crippen LogP contribution in [0.2, 0.25) is 0 Å². The Balaban J connectivity index is 1.81. The molecule has 0 fully saturated rings. The third-order valence-electron chi connectivity index (χ3n) is 4.30. The summed E-state index contributed by atoms with van der Waals surface area (Å²) in [6.45, 7) is 2.98. The number of carbonyl (C=O) groups excluding carboxylic acids is 2. The van der Waals surface area contributed by atoms with Crippen molar-refractivity contribution in [3.8, 4) is 0 Å². The number of hydrogen-bond acceptors (Lipinski definition) is 8. The molecule has 0 saturated heterocycles. The van der Waals surface area contributed by atoms with Gasteiger partial charge in [0.15, 0.2) is 11.6 Å². The smallest absolute Gasteiger partial charge is 0.346 e. The van der Waals surface area contributed by atoms with Gasteiger partial charge in [-0.25, -0.2) is 9.59 Å². The minimum absolute atomic E-state index is 0.234. The van der Waals surface area contributed by atoms with Gasteiger partial charge in [-0.1, -0.05) is 67.2 Å². The number of esters is 2. The van der Waals surface area contributed by atoms with Crippen molar-refractivity contribution in [2.24, 2.45) is 0 Å². The van der Waals surface area contributed by atoms with Crippen LogP contribution in [0.5, 0.6) is 0 Å². The van der Waals surface area contributed by atoms with Crippen LogP contribution in [0.1, 0.15) is 25.3 Å². The average molecular weight is 446 g/mol. The fourth-order valence-electron chi connectivity index (χ4n) is 2.75. The lowest BCUT2D eigenvalue weighted by atomic mass is 10.2. The molecule has 0 aromatic heterocycles. The Labute approximate surface area is 184 Å². The topological polar surface area (TPSA) is 65.1 Å². The molecule has 0 amide bonds. The molecule has 2 aliphatic heterocycles. The molecule has 8 heteroatoms. The molecule has 0 saturated carbocycles. The molecule has 0 aliphatic carbocycles. The van der Waals surface area contributed by atoms with Crippen molar-refractivity contribution in [2.45, 2.75) is 19.8 Å². The van der Waals surface area contributed by atoms with E-state index in [1.165, 1.54) is 37.7 Å². The Kier molecular flexibility index (Phi) is 7.70. The molecule has 0 bridgehead atoms. The quantitative estimate of drug-likeness (QED) is 0.553. The van der Waals surface area contributed by atoms with E-state index in [-0.39, 0.29) is 9.81 Å². The number of allylic oxidation sites excluding steroid dienone is 2. The van der Waals surface area contributed by atoms with Crippen LogP contribution in [0.4, 0.5) is 0 Å². The van der Waals surface area contributed by atoms with Gasteiger partial charge in [-0.2, -0.15) is 0 Å². The van der Waals surface area contributed by atoms with Crippen LogP contribution in [0.25, 0.3) is 5.76 Å². The molecule has 3 rings (SSSR count). The summed E-state index contributed by atoms with van der Waals surface area (Å²) in [6, 6.07) is 9.92. The maximum atomic E-state index is 12.0. The fourth-order valence-corrected chi connectivity index (χ4v) is 5.02. The SMILES string of the molecule is CCCCN1C=C(c2ccccc2)O/C1=C/C=C1SC(C(=O)OC)=C(C(=O)OC)S1. The Morgan fingerprint density at radius 3 is 2.23 bits per heavy atom. The van der Waals surface area contributed by atoms with Crippen LogP contribution in [-0.4, -0.2) is 37.6 Å². The van der Waals surface area contributed by atoms with Crippen LogP contribution < -0.4 is 0 Å². The van der Waals surface area contributed by atoms with E-state index in [0.29, 0.717) is 5.88 Å². The minimum Gasteiger partial charge on any atom is -0.465 e. The Morgan fingerprint density at radius 2 is 1.67 bits per heavy atom. The number of hydrogen-bond donors (Lipinski definition) is 0. The molecular formula is C22H23NO5S2. The minimum atomic E-state index is -0.557. The molecule has 0 N–H and O–H groups in total. The molecule has 2 aliphatic rings. The number of benzene rings is 1. The van der Waals surface area contributed by atoms with E-state index < -0.39 is 11.9 Å². The fraction of sp³-hybridized carbons (Fsp3) is 0.273. The molecule has 158 valence electrons. The van der Waals surface area contributed by atoms with Gasteiger partial charge in [-0.15, -0.1) is 0 Å². The summed E-state index contributed by atoms with van der Waals surface area (Å²) in [6.07, 6.45) is 7.79. The molecule has 1 aromatic carbocycles. The van der Waals surface area contributed by atoms with Gasteiger partial charge in [0.1, 0.15) is 9.81 Å². The van der Waals surface area contributed by atoms with E-state index in [9.17, 15) is 9.59 Å². The monoisotopic (exact) mass is 445 g/mol. The first-order valence-corrected chi connectivity index (χ1v) is 11.1. The lowest BCUT2D eigenvalue weighted by Gasteiger charge is -2.15. The van der Waals surface area contributed by atoms with Crippen LogP contribution in [0, 0.1) is 0 Å². The Morgan fingerprint density at radius 1 is 1.03 bits per heavy atom. The Hall–Kier alpha value is -2.58. The first-order valence-electron chi connectivity index (χ1n) is 9.47. The number of unbranched alkanes of at least 4 members (excludes halogenated alkanes) is 1. The zero-order chi connectivity index (χ0) is 21.5. The van der Waals surface area contributed by atoms with E-state index >= 15 is 0 Å². The molecule has 6 nitrogen and oxygen atoms in total. The molecule has 0 spiro atoms. The zero-order valence-electron chi connectivity index (χ0n) is 17.0. The number of methoxy groups -OCH3 is 2. The zero-order valence-corrected chi connectivity index (χ0v) is 18.7. The van der Waals surface area contributed by atoms with Crippen molar-refractivity contribution in [1.29, 1.82) is 0 Å². The van der Waals surface area contributed by atoms with Gasteiger partial charge in [0.2, 0.25) is 0 Å². The first kappa shape index (κ1) is 22.1. The molecule has 1 aromatic rings. The van der Waals surface area contributed by atoms with Gasteiger partial charge >= 0.3 is 11.9 Å². The number of carbonyl (C=O) groups is 2. The second-order valence-corrected chi connectivity index (χ2v) is 8.71. The largest absolute Gasteiger partial charge is 0.465 e. The molecule has 2 heterocycles. The predicted molar refractivity (Wildman–Crippen MR) is 120 cm³/mol. The van der Waals surface area contributed by atoms with Gasteiger partial charge in [0.25, 0.3) is 0 Å². The van der Waals surface area contributed by atoms with Crippen LogP contribution >= 0.6 is 23.5 Å².